The zero-order valence-electron chi connectivity index (χ0n) is 20.0. The van der Waals surface area contributed by atoms with Gasteiger partial charge in [0.25, 0.3) is 0 Å². The van der Waals surface area contributed by atoms with Crippen LogP contribution in [0.2, 0.25) is 0 Å². The molecule has 10 nitrogen and oxygen atoms in total. The number of thioether (sulfide) groups is 1. The Morgan fingerprint density at radius 1 is 1.19 bits per heavy atom. The Bertz CT molecular complexity index is 1350. The van der Waals surface area contributed by atoms with E-state index in [-0.39, 0.29) is 18.1 Å². The van der Waals surface area contributed by atoms with Crippen LogP contribution in [0.3, 0.4) is 0 Å². The predicted molar refractivity (Wildman–Crippen MR) is 138 cm³/mol. The lowest BCUT2D eigenvalue weighted by atomic mass is 10.1. The van der Waals surface area contributed by atoms with E-state index < -0.39 is 0 Å². The lowest BCUT2D eigenvalue weighted by molar-refractivity contribution is -0.113. The van der Waals surface area contributed by atoms with Crippen molar-refractivity contribution in [3.8, 4) is 5.88 Å². The van der Waals surface area contributed by atoms with Crippen LogP contribution in [0.4, 0.5) is 21.9 Å². The van der Waals surface area contributed by atoms with Crippen LogP contribution in [0.25, 0.3) is 11.0 Å². The number of likely N-dealkylation sites (N-methyl/N-ethyl adjacent to an activating group) is 1. The number of methoxy groups -OCH3 is 1. The van der Waals surface area contributed by atoms with E-state index in [0.717, 1.165) is 46.1 Å². The molecule has 1 atom stereocenters. The van der Waals surface area contributed by atoms with Crippen LogP contribution in [0.1, 0.15) is 0 Å². The number of rotatable bonds is 6. The third-order valence-corrected chi connectivity index (χ3v) is 7.92. The molecule has 2 saturated heterocycles. The van der Waals surface area contributed by atoms with Crippen molar-refractivity contribution >= 4 is 51.9 Å². The molecule has 5 heterocycles. The van der Waals surface area contributed by atoms with Gasteiger partial charge in [-0.25, -0.2) is 9.78 Å². The lowest BCUT2D eigenvalue weighted by Gasteiger charge is -2.45. The third-order valence-electron chi connectivity index (χ3n) is 6.85. The molecule has 1 aromatic carbocycles. The molecular formula is C25H26N6O4S. The molecule has 1 unspecified atom stereocenters. The fourth-order valence-corrected chi connectivity index (χ4v) is 5.62. The molecule has 36 heavy (non-hydrogen) atoms. The van der Waals surface area contributed by atoms with Gasteiger partial charge < -0.3 is 19.7 Å². The Kier molecular flexibility index (Phi) is 5.81. The molecule has 2 fully saturated rings. The van der Waals surface area contributed by atoms with E-state index in [0.29, 0.717) is 30.8 Å². The van der Waals surface area contributed by atoms with Gasteiger partial charge in [0.05, 0.1) is 36.3 Å². The summed E-state index contributed by atoms with van der Waals surface area (Å²) >= 11 is 1.50. The number of hydrogen-bond donors (Lipinski definition) is 1. The van der Waals surface area contributed by atoms with Crippen molar-refractivity contribution in [2.75, 3.05) is 61.2 Å². The molecule has 6 rings (SSSR count). The molecule has 2 amide bonds. The monoisotopic (exact) mass is 506 g/mol. The second kappa shape index (κ2) is 9.14. The summed E-state index contributed by atoms with van der Waals surface area (Å²) in [6.07, 6.45) is 1.21. The summed E-state index contributed by atoms with van der Waals surface area (Å²) in [6.45, 7) is 2.81. The maximum absolute atomic E-state index is 12.6. The summed E-state index contributed by atoms with van der Waals surface area (Å²) in [5.41, 5.74) is 4.18. The largest absolute Gasteiger partial charge is 0.481 e. The van der Waals surface area contributed by atoms with E-state index in [1.165, 1.54) is 11.8 Å². The highest BCUT2D eigenvalue weighted by molar-refractivity contribution is 8.00. The summed E-state index contributed by atoms with van der Waals surface area (Å²) in [5.74, 6) is 0.948. The van der Waals surface area contributed by atoms with Gasteiger partial charge in [-0.05, 0) is 37.4 Å². The van der Waals surface area contributed by atoms with Crippen molar-refractivity contribution in [3.63, 3.8) is 0 Å². The SMILES string of the molecule is COc1ccc2nccc(N3CC(N(C)CC4CN(c5ccc6c(c5)NC(=O)CS6)C(=O)O4)C3)c2n1. The Hall–Kier alpha value is -3.57. The maximum Gasteiger partial charge on any atom is 0.414 e. The van der Waals surface area contributed by atoms with Gasteiger partial charge in [-0.15, -0.1) is 11.8 Å². The van der Waals surface area contributed by atoms with Crippen LogP contribution < -0.4 is 19.9 Å². The maximum atomic E-state index is 12.6. The summed E-state index contributed by atoms with van der Waals surface area (Å²) in [7, 11) is 3.67. The van der Waals surface area contributed by atoms with Crippen LogP contribution in [0.15, 0.2) is 47.5 Å². The number of ether oxygens (including phenoxy) is 2. The summed E-state index contributed by atoms with van der Waals surface area (Å²) in [6, 6.07) is 11.8. The number of anilines is 3. The van der Waals surface area contributed by atoms with Crippen molar-refractivity contribution < 1.29 is 19.1 Å². The van der Waals surface area contributed by atoms with E-state index in [4.69, 9.17) is 9.47 Å². The number of nitrogens with one attached hydrogen (secondary N) is 1. The Morgan fingerprint density at radius 3 is 2.89 bits per heavy atom. The zero-order chi connectivity index (χ0) is 24.8. The van der Waals surface area contributed by atoms with Gasteiger partial charge in [-0.3, -0.25) is 19.6 Å². The van der Waals surface area contributed by atoms with Crippen molar-refractivity contribution in [1.29, 1.82) is 0 Å². The first-order chi connectivity index (χ1) is 17.5. The number of hydrogen-bond acceptors (Lipinski definition) is 9. The van der Waals surface area contributed by atoms with Gasteiger partial charge in [0.1, 0.15) is 11.6 Å². The van der Waals surface area contributed by atoms with Gasteiger partial charge >= 0.3 is 6.09 Å². The smallest absolute Gasteiger partial charge is 0.414 e. The highest BCUT2D eigenvalue weighted by Gasteiger charge is 2.37. The fourth-order valence-electron chi connectivity index (χ4n) is 4.83. The Morgan fingerprint density at radius 2 is 2.06 bits per heavy atom. The molecule has 0 spiro atoms. The number of amides is 2. The van der Waals surface area contributed by atoms with Crippen molar-refractivity contribution in [2.45, 2.75) is 17.0 Å². The van der Waals surface area contributed by atoms with Crippen molar-refractivity contribution in [1.82, 2.24) is 14.9 Å². The molecule has 11 heteroatoms. The minimum atomic E-state index is -0.360. The molecule has 0 aliphatic carbocycles. The number of fused-ring (bicyclic) bond motifs is 2. The first kappa shape index (κ1) is 22.9. The van der Waals surface area contributed by atoms with E-state index >= 15 is 0 Å². The highest BCUT2D eigenvalue weighted by atomic mass is 32.2. The number of pyridine rings is 2. The van der Waals surface area contributed by atoms with E-state index in [9.17, 15) is 9.59 Å². The number of benzene rings is 1. The number of nitrogens with zero attached hydrogens (tertiary/aromatic N) is 5. The molecule has 3 aromatic rings. The lowest BCUT2D eigenvalue weighted by Crippen LogP contribution is -2.59. The number of carbonyl (C=O) groups excluding carboxylic acids is 2. The molecule has 0 bridgehead atoms. The van der Waals surface area contributed by atoms with Crippen LogP contribution >= 0.6 is 11.8 Å². The minimum Gasteiger partial charge on any atom is -0.481 e. The van der Waals surface area contributed by atoms with Gasteiger partial charge in [0, 0.05) is 48.5 Å². The average molecular weight is 507 g/mol. The molecule has 186 valence electrons. The summed E-state index contributed by atoms with van der Waals surface area (Å²) in [4.78, 5) is 40.6. The van der Waals surface area contributed by atoms with Crippen LogP contribution in [-0.4, -0.2) is 85.1 Å². The number of aromatic nitrogens is 2. The van der Waals surface area contributed by atoms with E-state index in [1.54, 1.807) is 18.2 Å². The zero-order valence-corrected chi connectivity index (χ0v) is 20.8. The highest BCUT2D eigenvalue weighted by Crippen LogP contribution is 2.36. The van der Waals surface area contributed by atoms with E-state index in [2.05, 4.69) is 32.1 Å². The van der Waals surface area contributed by atoms with Crippen LogP contribution in [0, 0.1) is 0 Å². The Balaban J connectivity index is 1.08. The minimum absolute atomic E-state index is 0.0302. The van der Waals surface area contributed by atoms with Gasteiger partial charge in [0.15, 0.2) is 0 Å². The van der Waals surface area contributed by atoms with Gasteiger partial charge in [-0.2, -0.15) is 0 Å². The molecule has 0 radical (unpaired) electrons. The summed E-state index contributed by atoms with van der Waals surface area (Å²) < 4.78 is 11.0. The molecule has 0 saturated carbocycles. The van der Waals surface area contributed by atoms with Gasteiger partial charge in [-0.1, -0.05) is 0 Å². The number of cyclic esters (lactones) is 1. The molecule has 3 aliphatic heterocycles. The van der Waals surface area contributed by atoms with Crippen LogP contribution in [-0.2, 0) is 9.53 Å². The molecule has 3 aliphatic rings. The van der Waals surface area contributed by atoms with E-state index in [1.807, 2.05) is 36.4 Å². The third kappa shape index (κ3) is 4.18. The predicted octanol–water partition coefficient (Wildman–Crippen LogP) is 2.83. The average Bonchev–Trinajstić information content (AvgIpc) is 3.22. The van der Waals surface area contributed by atoms with Crippen molar-refractivity contribution in [2.24, 2.45) is 0 Å². The first-order valence-corrected chi connectivity index (χ1v) is 12.8. The van der Waals surface area contributed by atoms with Crippen LogP contribution in [0.5, 0.6) is 5.88 Å². The number of carbonyl (C=O) groups is 2. The summed E-state index contributed by atoms with van der Waals surface area (Å²) in [5, 5.41) is 2.88. The molecule has 1 N–H and O–H groups in total. The topological polar surface area (TPSA) is 100 Å². The second-order valence-electron chi connectivity index (χ2n) is 9.18. The molecule has 2 aromatic heterocycles. The normalized spacial score (nSPS) is 19.8. The second-order valence-corrected chi connectivity index (χ2v) is 10.2. The Labute approximate surface area is 212 Å². The molecular weight excluding hydrogens is 480 g/mol. The van der Waals surface area contributed by atoms with Crippen molar-refractivity contribution in [3.05, 3.63) is 42.6 Å². The fraction of sp³-hybridized carbons (Fsp3) is 0.360. The van der Waals surface area contributed by atoms with Gasteiger partial charge in [0.2, 0.25) is 11.8 Å². The first-order valence-electron chi connectivity index (χ1n) is 11.8. The quantitative estimate of drug-likeness (QED) is 0.541. The standard InChI is InChI=1S/C25H26N6O4S/c1-29(16-10-30(11-16)20-7-8-26-18-4-6-23(34-2)28-24(18)20)12-17-13-31(25(33)35-17)15-3-5-21-19(9-15)27-22(32)14-36-21/h3-9,16-17H,10-14H2,1-2H3,(H,27,32).